The molecule has 2 heterocycles. The Bertz CT molecular complexity index is 1170. The Labute approximate surface area is 197 Å². The van der Waals surface area contributed by atoms with Gasteiger partial charge in [-0.15, -0.1) is 0 Å². The van der Waals surface area contributed by atoms with E-state index in [-0.39, 0.29) is 35.6 Å². The summed E-state index contributed by atoms with van der Waals surface area (Å²) in [5, 5.41) is 11.0. The maximum Gasteiger partial charge on any atom is 0.257 e. The summed E-state index contributed by atoms with van der Waals surface area (Å²) in [7, 11) is 0. The Balaban J connectivity index is 1.32. The SMILES string of the molecule is CC(CC(=O)N1CCC(O)(Cn2cnc(Oc3ccc(F)cc3)cc2=O)CC1)c1ccccc1. The molecule has 178 valence electrons. The van der Waals surface area contributed by atoms with Crippen LogP contribution >= 0.6 is 0 Å². The molecule has 1 aliphatic rings. The van der Waals surface area contributed by atoms with Crippen LogP contribution in [-0.4, -0.2) is 44.2 Å². The lowest BCUT2D eigenvalue weighted by molar-refractivity contribution is -0.136. The number of carbonyl (C=O) groups is 1. The van der Waals surface area contributed by atoms with Gasteiger partial charge in [-0.1, -0.05) is 37.3 Å². The fourth-order valence-corrected chi connectivity index (χ4v) is 4.15. The minimum atomic E-state index is -1.10. The van der Waals surface area contributed by atoms with Crippen molar-refractivity contribution in [1.29, 1.82) is 0 Å². The second-order valence-electron chi connectivity index (χ2n) is 8.87. The number of hydrogen-bond acceptors (Lipinski definition) is 5. The number of ether oxygens (including phenoxy) is 1. The Morgan fingerprint density at radius 2 is 1.82 bits per heavy atom. The number of piperidine rings is 1. The molecule has 1 saturated heterocycles. The fourth-order valence-electron chi connectivity index (χ4n) is 4.15. The van der Waals surface area contributed by atoms with E-state index in [1.807, 2.05) is 37.3 Å². The van der Waals surface area contributed by atoms with Crippen LogP contribution in [0.3, 0.4) is 0 Å². The van der Waals surface area contributed by atoms with Crippen LogP contribution in [0.2, 0.25) is 0 Å². The highest BCUT2D eigenvalue weighted by Gasteiger charge is 2.34. The second-order valence-corrected chi connectivity index (χ2v) is 8.87. The highest BCUT2D eigenvalue weighted by atomic mass is 19.1. The van der Waals surface area contributed by atoms with Gasteiger partial charge in [0.2, 0.25) is 11.8 Å². The molecule has 0 radical (unpaired) electrons. The molecule has 34 heavy (non-hydrogen) atoms. The largest absolute Gasteiger partial charge is 0.439 e. The predicted molar refractivity (Wildman–Crippen MR) is 125 cm³/mol. The van der Waals surface area contributed by atoms with Gasteiger partial charge in [0.05, 0.1) is 18.2 Å². The summed E-state index contributed by atoms with van der Waals surface area (Å²) in [5.41, 5.74) is -0.342. The van der Waals surface area contributed by atoms with E-state index in [4.69, 9.17) is 4.74 Å². The van der Waals surface area contributed by atoms with Gasteiger partial charge in [-0.05, 0) is 48.6 Å². The zero-order valence-corrected chi connectivity index (χ0v) is 19.1. The normalized spacial score (nSPS) is 16.1. The number of halogens is 1. The maximum absolute atomic E-state index is 13.0. The van der Waals surface area contributed by atoms with E-state index in [1.165, 1.54) is 41.2 Å². The molecule has 1 aromatic heterocycles. The van der Waals surface area contributed by atoms with Gasteiger partial charge < -0.3 is 14.7 Å². The van der Waals surface area contributed by atoms with Crippen LogP contribution in [0, 0.1) is 5.82 Å². The summed E-state index contributed by atoms with van der Waals surface area (Å²) in [6.45, 7) is 2.99. The van der Waals surface area contributed by atoms with E-state index in [0.29, 0.717) is 38.1 Å². The van der Waals surface area contributed by atoms with Crippen molar-refractivity contribution < 1.29 is 19.0 Å². The molecule has 1 amide bonds. The highest BCUT2D eigenvalue weighted by Crippen LogP contribution is 2.26. The van der Waals surface area contributed by atoms with Crippen molar-refractivity contribution in [1.82, 2.24) is 14.5 Å². The molecule has 3 aromatic rings. The third-order valence-corrected chi connectivity index (χ3v) is 6.25. The third-order valence-electron chi connectivity index (χ3n) is 6.25. The molecule has 1 fully saturated rings. The average Bonchev–Trinajstić information content (AvgIpc) is 2.83. The first-order chi connectivity index (χ1) is 16.3. The first-order valence-corrected chi connectivity index (χ1v) is 11.4. The second kappa shape index (κ2) is 10.2. The number of aromatic nitrogens is 2. The van der Waals surface area contributed by atoms with E-state index >= 15 is 0 Å². The third kappa shape index (κ3) is 5.88. The van der Waals surface area contributed by atoms with Gasteiger partial charge in [0.1, 0.15) is 17.9 Å². The minimum absolute atomic E-state index is 0.0690. The van der Waals surface area contributed by atoms with Crippen LogP contribution in [0.1, 0.15) is 37.7 Å². The Morgan fingerprint density at radius 1 is 1.15 bits per heavy atom. The Morgan fingerprint density at radius 3 is 2.47 bits per heavy atom. The van der Waals surface area contributed by atoms with Gasteiger partial charge in [0, 0.05) is 19.5 Å². The number of amides is 1. The molecule has 1 atom stereocenters. The van der Waals surface area contributed by atoms with Crippen molar-refractivity contribution in [3.63, 3.8) is 0 Å². The summed E-state index contributed by atoms with van der Waals surface area (Å²) >= 11 is 0. The molecule has 1 N–H and O–H groups in total. The van der Waals surface area contributed by atoms with E-state index in [1.54, 1.807) is 4.90 Å². The van der Waals surface area contributed by atoms with Crippen LogP contribution in [0.15, 0.2) is 71.8 Å². The van der Waals surface area contributed by atoms with E-state index in [0.717, 1.165) is 5.56 Å². The molecule has 1 aliphatic heterocycles. The zero-order chi connectivity index (χ0) is 24.1. The monoisotopic (exact) mass is 465 g/mol. The highest BCUT2D eigenvalue weighted by molar-refractivity contribution is 5.77. The quantitative estimate of drug-likeness (QED) is 0.575. The van der Waals surface area contributed by atoms with Crippen molar-refractivity contribution in [2.24, 2.45) is 0 Å². The number of likely N-dealkylation sites (tertiary alicyclic amines) is 1. The van der Waals surface area contributed by atoms with Gasteiger partial charge in [0.15, 0.2) is 0 Å². The molecule has 1 unspecified atom stereocenters. The minimum Gasteiger partial charge on any atom is -0.439 e. The lowest BCUT2D eigenvalue weighted by Gasteiger charge is -2.38. The number of benzene rings is 2. The van der Waals surface area contributed by atoms with Crippen molar-refractivity contribution in [2.45, 2.75) is 44.2 Å². The van der Waals surface area contributed by atoms with Crippen molar-refractivity contribution >= 4 is 5.91 Å². The fraction of sp³-hybridized carbons (Fsp3) is 0.346. The topological polar surface area (TPSA) is 84.7 Å². The van der Waals surface area contributed by atoms with Crippen LogP contribution in [0.5, 0.6) is 11.6 Å². The molecular weight excluding hydrogens is 437 g/mol. The molecular formula is C26H28FN3O4. The Kier molecular flexibility index (Phi) is 7.07. The van der Waals surface area contributed by atoms with Gasteiger partial charge in [0.25, 0.3) is 5.56 Å². The van der Waals surface area contributed by atoms with Gasteiger partial charge in [-0.2, -0.15) is 0 Å². The number of aliphatic hydroxyl groups is 1. The van der Waals surface area contributed by atoms with Crippen LogP contribution < -0.4 is 10.3 Å². The summed E-state index contributed by atoms with van der Waals surface area (Å²) in [6, 6.07) is 16.6. The summed E-state index contributed by atoms with van der Waals surface area (Å²) in [6.07, 6.45) is 2.50. The molecule has 2 aromatic carbocycles. The molecule has 0 saturated carbocycles. The van der Waals surface area contributed by atoms with Crippen molar-refractivity contribution in [3.8, 4) is 11.6 Å². The number of rotatable bonds is 7. The lowest BCUT2D eigenvalue weighted by atomic mass is 9.90. The maximum atomic E-state index is 13.0. The van der Waals surface area contributed by atoms with E-state index in [9.17, 15) is 19.1 Å². The van der Waals surface area contributed by atoms with E-state index in [2.05, 4.69) is 4.98 Å². The molecule has 0 aliphatic carbocycles. The van der Waals surface area contributed by atoms with Gasteiger partial charge in [-0.3, -0.25) is 14.2 Å². The van der Waals surface area contributed by atoms with Crippen LogP contribution in [-0.2, 0) is 11.3 Å². The molecule has 4 rings (SSSR count). The first-order valence-electron chi connectivity index (χ1n) is 11.4. The number of carbonyl (C=O) groups excluding carboxylic acids is 1. The smallest absolute Gasteiger partial charge is 0.257 e. The molecule has 8 heteroatoms. The summed E-state index contributed by atoms with van der Waals surface area (Å²) < 4.78 is 19.9. The average molecular weight is 466 g/mol. The summed E-state index contributed by atoms with van der Waals surface area (Å²) in [4.78, 5) is 31.2. The standard InChI is InChI=1S/C26H28FN3O4/c1-19(20-5-3-2-4-6-20)15-24(31)29-13-11-26(33,12-14-29)17-30-18-28-23(16-25(30)32)34-22-9-7-21(27)8-10-22/h2-10,16,18-19,33H,11-15,17H2,1H3. The van der Waals surface area contributed by atoms with Gasteiger partial charge in [-0.25, -0.2) is 9.37 Å². The van der Waals surface area contributed by atoms with Crippen LogP contribution in [0.25, 0.3) is 0 Å². The molecule has 7 nitrogen and oxygen atoms in total. The number of hydrogen-bond donors (Lipinski definition) is 1. The summed E-state index contributed by atoms with van der Waals surface area (Å²) in [5.74, 6) is 0.257. The van der Waals surface area contributed by atoms with Gasteiger partial charge >= 0.3 is 0 Å². The lowest BCUT2D eigenvalue weighted by Crippen LogP contribution is -2.49. The van der Waals surface area contributed by atoms with Crippen molar-refractivity contribution in [2.75, 3.05) is 13.1 Å². The first kappa shape index (κ1) is 23.6. The Hall–Kier alpha value is -3.52. The number of nitrogens with zero attached hydrogens (tertiary/aromatic N) is 3. The molecule has 0 spiro atoms. The zero-order valence-electron chi connectivity index (χ0n) is 19.1. The molecule has 0 bridgehead atoms. The van der Waals surface area contributed by atoms with Crippen molar-refractivity contribution in [3.05, 3.63) is 88.7 Å². The predicted octanol–water partition coefficient (Wildman–Crippen LogP) is 3.72. The van der Waals surface area contributed by atoms with E-state index < -0.39 is 5.60 Å². The van der Waals surface area contributed by atoms with Crippen LogP contribution in [0.4, 0.5) is 4.39 Å².